The van der Waals surface area contributed by atoms with Crippen LogP contribution in [-0.2, 0) is 14.8 Å². The maximum atomic E-state index is 12.6. The minimum absolute atomic E-state index is 0.0804. The summed E-state index contributed by atoms with van der Waals surface area (Å²) in [6.07, 6.45) is 0. The number of carbonyl (C=O) groups excluding carboxylic acids is 1. The Balaban J connectivity index is 2.52. The highest BCUT2D eigenvalue weighted by molar-refractivity contribution is 7.89. The molecule has 2 aromatic rings. The maximum Gasteiger partial charge on any atom is 0.244 e. The number of Topliss-reactive ketones (excluding diaryl/α,β-unsaturated/α-hetero) is 1. The summed E-state index contributed by atoms with van der Waals surface area (Å²) in [5.41, 5.74) is 0. The first-order valence-corrected chi connectivity index (χ1v) is 8.24. The third-order valence-electron chi connectivity index (χ3n) is 2.81. The van der Waals surface area contributed by atoms with Crippen molar-refractivity contribution < 1.29 is 13.2 Å². The van der Waals surface area contributed by atoms with Gasteiger partial charge in [0.2, 0.25) is 10.0 Å². The van der Waals surface area contributed by atoms with Crippen LogP contribution < -0.4 is 0 Å². The van der Waals surface area contributed by atoms with Crippen LogP contribution >= 0.6 is 11.3 Å². The van der Waals surface area contributed by atoms with Crippen molar-refractivity contribution in [1.29, 1.82) is 0 Å². The van der Waals surface area contributed by atoms with Gasteiger partial charge in [-0.25, -0.2) is 8.42 Å². The first-order valence-electron chi connectivity index (χ1n) is 5.92. The molecule has 0 radical (unpaired) electrons. The lowest BCUT2D eigenvalue weighted by Gasteiger charge is -2.18. The Bertz CT molecular complexity index is 704. The Morgan fingerprint density at radius 1 is 1.32 bits per heavy atom. The van der Waals surface area contributed by atoms with Gasteiger partial charge >= 0.3 is 0 Å². The van der Waals surface area contributed by atoms with Crippen LogP contribution in [-0.4, -0.2) is 31.6 Å². The van der Waals surface area contributed by atoms with E-state index in [-0.39, 0.29) is 23.8 Å². The van der Waals surface area contributed by atoms with E-state index < -0.39 is 10.0 Å². The van der Waals surface area contributed by atoms with Gasteiger partial charge in [0.15, 0.2) is 0 Å². The van der Waals surface area contributed by atoms with Crippen LogP contribution in [0.1, 0.15) is 13.8 Å². The number of thiophene rings is 1. The number of likely N-dealkylation sites (N-methyl/N-ethyl adjacent to an activating group) is 1. The van der Waals surface area contributed by atoms with Crippen LogP contribution in [0.3, 0.4) is 0 Å². The second-order valence-electron chi connectivity index (χ2n) is 4.23. The first kappa shape index (κ1) is 14.2. The Hall–Kier alpha value is -1.24. The van der Waals surface area contributed by atoms with Gasteiger partial charge in [-0.3, -0.25) is 4.79 Å². The molecule has 1 heterocycles. The number of nitrogens with zero attached hydrogens (tertiary/aromatic N) is 1. The van der Waals surface area contributed by atoms with Gasteiger partial charge in [0.05, 0.1) is 6.54 Å². The fourth-order valence-corrected chi connectivity index (χ4v) is 4.85. The van der Waals surface area contributed by atoms with E-state index in [2.05, 4.69) is 0 Å². The van der Waals surface area contributed by atoms with Crippen LogP contribution in [0.4, 0.5) is 0 Å². The third kappa shape index (κ3) is 2.70. The maximum absolute atomic E-state index is 12.6. The SMILES string of the molecule is CCN(CC(C)=O)S(=O)(=O)c1csc2ccccc12. The van der Waals surface area contributed by atoms with Crippen LogP contribution in [0.15, 0.2) is 34.5 Å². The van der Waals surface area contributed by atoms with Gasteiger partial charge in [0.1, 0.15) is 10.7 Å². The lowest BCUT2D eigenvalue weighted by atomic mass is 10.3. The van der Waals surface area contributed by atoms with E-state index in [4.69, 9.17) is 0 Å². The summed E-state index contributed by atoms with van der Waals surface area (Å²) in [5, 5.41) is 2.36. The van der Waals surface area contributed by atoms with Crippen molar-refractivity contribution in [3.63, 3.8) is 0 Å². The minimum Gasteiger partial charge on any atom is -0.299 e. The largest absolute Gasteiger partial charge is 0.299 e. The summed E-state index contributed by atoms with van der Waals surface area (Å²) < 4.78 is 27.3. The monoisotopic (exact) mass is 297 g/mol. The van der Waals surface area contributed by atoms with Gasteiger partial charge in [0.25, 0.3) is 0 Å². The van der Waals surface area contributed by atoms with Crippen molar-refractivity contribution in [2.75, 3.05) is 13.1 Å². The Morgan fingerprint density at radius 2 is 2.00 bits per heavy atom. The zero-order valence-electron chi connectivity index (χ0n) is 10.8. The highest BCUT2D eigenvalue weighted by atomic mass is 32.2. The molecule has 2 rings (SSSR count). The molecule has 0 bridgehead atoms. The second-order valence-corrected chi connectivity index (χ2v) is 7.05. The molecule has 102 valence electrons. The topological polar surface area (TPSA) is 54.5 Å². The molecule has 1 aromatic carbocycles. The molecule has 1 aromatic heterocycles. The number of ketones is 1. The average Bonchev–Trinajstić information content (AvgIpc) is 2.79. The summed E-state index contributed by atoms with van der Waals surface area (Å²) in [7, 11) is -3.61. The van der Waals surface area contributed by atoms with Crippen LogP contribution in [0.5, 0.6) is 0 Å². The summed E-state index contributed by atoms with van der Waals surface area (Å²) in [6.45, 7) is 3.33. The normalized spacial score (nSPS) is 12.2. The molecule has 4 nitrogen and oxygen atoms in total. The molecule has 19 heavy (non-hydrogen) atoms. The first-order chi connectivity index (χ1) is 8.96. The van der Waals surface area contributed by atoms with E-state index in [1.54, 1.807) is 18.4 Å². The highest BCUT2D eigenvalue weighted by Crippen LogP contribution is 2.31. The standard InChI is InChI=1S/C13H15NO3S2/c1-3-14(8-10(2)15)19(16,17)13-9-18-12-7-5-4-6-11(12)13/h4-7,9H,3,8H2,1-2H3. The number of benzene rings is 1. The fourth-order valence-electron chi connectivity index (χ4n) is 1.91. The molecule has 0 saturated carbocycles. The molecular formula is C13H15NO3S2. The predicted molar refractivity (Wildman–Crippen MR) is 76.9 cm³/mol. The molecule has 6 heteroatoms. The lowest BCUT2D eigenvalue weighted by molar-refractivity contribution is -0.117. The van der Waals surface area contributed by atoms with Crippen molar-refractivity contribution >= 4 is 37.2 Å². The van der Waals surface area contributed by atoms with Crippen LogP contribution in [0.25, 0.3) is 10.1 Å². The third-order valence-corrected chi connectivity index (χ3v) is 5.89. The number of carbonyl (C=O) groups is 1. The molecule has 0 fully saturated rings. The quantitative estimate of drug-likeness (QED) is 0.852. The zero-order chi connectivity index (χ0) is 14.0. The number of sulfonamides is 1. The van der Waals surface area contributed by atoms with Crippen LogP contribution in [0.2, 0.25) is 0 Å². The molecule has 0 aliphatic rings. The fraction of sp³-hybridized carbons (Fsp3) is 0.308. The lowest BCUT2D eigenvalue weighted by Crippen LogP contribution is -2.34. The van der Waals surface area contributed by atoms with Gasteiger partial charge < -0.3 is 0 Å². The van der Waals surface area contributed by atoms with E-state index in [1.165, 1.54) is 22.6 Å². The van der Waals surface area contributed by atoms with Gasteiger partial charge in [0, 0.05) is 22.0 Å². The summed E-state index contributed by atoms with van der Waals surface area (Å²) >= 11 is 1.40. The van der Waals surface area contributed by atoms with Crippen molar-refractivity contribution in [1.82, 2.24) is 4.31 Å². The van der Waals surface area contributed by atoms with Crippen molar-refractivity contribution in [3.05, 3.63) is 29.6 Å². The Morgan fingerprint density at radius 3 is 2.63 bits per heavy atom. The number of hydrogen-bond donors (Lipinski definition) is 0. The Kier molecular flexibility index (Phi) is 4.03. The average molecular weight is 297 g/mol. The summed E-state index contributed by atoms with van der Waals surface area (Å²) in [6, 6.07) is 7.37. The number of fused-ring (bicyclic) bond motifs is 1. The molecule has 0 aliphatic heterocycles. The number of hydrogen-bond acceptors (Lipinski definition) is 4. The molecular weight excluding hydrogens is 282 g/mol. The van der Waals surface area contributed by atoms with Gasteiger partial charge in [-0.1, -0.05) is 25.1 Å². The summed E-state index contributed by atoms with van der Waals surface area (Å²) in [5.74, 6) is -0.162. The van der Waals surface area contributed by atoms with Crippen molar-refractivity contribution in [3.8, 4) is 0 Å². The van der Waals surface area contributed by atoms with E-state index in [9.17, 15) is 13.2 Å². The summed E-state index contributed by atoms with van der Waals surface area (Å²) in [4.78, 5) is 11.5. The molecule has 0 spiro atoms. The van der Waals surface area contributed by atoms with E-state index >= 15 is 0 Å². The van der Waals surface area contributed by atoms with E-state index in [0.717, 1.165) is 10.1 Å². The second kappa shape index (κ2) is 5.40. The van der Waals surface area contributed by atoms with Crippen molar-refractivity contribution in [2.24, 2.45) is 0 Å². The predicted octanol–water partition coefficient (Wildman–Crippen LogP) is 2.50. The molecule has 0 N–H and O–H groups in total. The molecule has 0 atom stereocenters. The van der Waals surface area contributed by atoms with Crippen LogP contribution in [0, 0.1) is 0 Å². The Labute approximate surface area is 116 Å². The minimum atomic E-state index is -3.61. The molecule has 0 amide bonds. The van der Waals surface area contributed by atoms with E-state index in [0.29, 0.717) is 0 Å². The van der Waals surface area contributed by atoms with E-state index in [1.807, 2.05) is 18.2 Å². The smallest absolute Gasteiger partial charge is 0.244 e. The zero-order valence-corrected chi connectivity index (χ0v) is 12.4. The van der Waals surface area contributed by atoms with Gasteiger partial charge in [-0.05, 0) is 13.0 Å². The number of rotatable bonds is 5. The molecule has 0 unspecified atom stereocenters. The van der Waals surface area contributed by atoms with Gasteiger partial charge in [-0.15, -0.1) is 11.3 Å². The van der Waals surface area contributed by atoms with Gasteiger partial charge in [-0.2, -0.15) is 4.31 Å². The highest BCUT2D eigenvalue weighted by Gasteiger charge is 2.26. The molecule has 0 aliphatic carbocycles. The van der Waals surface area contributed by atoms with Crippen molar-refractivity contribution in [2.45, 2.75) is 18.7 Å². The molecule has 0 saturated heterocycles.